The van der Waals surface area contributed by atoms with Crippen LogP contribution in [0.3, 0.4) is 0 Å². The summed E-state index contributed by atoms with van der Waals surface area (Å²) in [7, 11) is 1.92. The average Bonchev–Trinajstić information content (AvgIpc) is 3.33. The number of nitrogens with zero attached hydrogens (tertiary/aromatic N) is 3. The van der Waals surface area contributed by atoms with Gasteiger partial charge in [0.2, 0.25) is 5.91 Å². The first-order valence-corrected chi connectivity index (χ1v) is 11.6. The summed E-state index contributed by atoms with van der Waals surface area (Å²) in [5.41, 5.74) is 3.83. The summed E-state index contributed by atoms with van der Waals surface area (Å²) in [6.45, 7) is 2.86. The lowest BCUT2D eigenvalue weighted by Crippen LogP contribution is -2.48. The van der Waals surface area contributed by atoms with Gasteiger partial charge in [0, 0.05) is 54.5 Å². The number of carbonyl (C=O) groups excluding carboxylic acids is 2. The molecule has 8 heteroatoms. The zero-order chi connectivity index (χ0) is 22.2. The van der Waals surface area contributed by atoms with E-state index in [0.717, 1.165) is 48.1 Å². The fourth-order valence-corrected chi connectivity index (χ4v) is 5.19. The number of piperidine rings is 1. The highest BCUT2D eigenvalue weighted by Gasteiger charge is 2.35. The van der Waals surface area contributed by atoms with E-state index < -0.39 is 0 Å². The summed E-state index contributed by atoms with van der Waals surface area (Å²) in [6, 6.07) is 13.9. The fourth-order valence-electron chi connectivity index (χ4n) is 5.03. The van der Waals surface area contributed by atoms with E-state index in [1.807, 2.05) is 65.5 Å². The van der Waals surface area contributed by atoms with Crippen molar-refractivity contribution in [2.45, 2.75) is 31.8 Å². The Morgan fingerprint density at radius 1 is 1.15 bits per heavy atom. The number of halogens is 2. The minimum Gasteiger partial charge on any atom is -0.345 e. The number of likely N-dealkylation sites (tertiary alicyclic amines) is 1. The lowest BCUT2D eigenvalue weighted by molar-refractivity contribution is -0.118. The van der Waals surface area contributed by atoms with Gasteiger partial charge in [0.05, 0.1) is 17.5 Å². The first kappa shape index (κ1) is 23.6. The highest BCUT2D eigenvalue weighted by atomic mass is 35.5. The third-order valence-electron chi connectivity index (χ3n) is 6.66. The molecule has 0 atom stereocenters. The number of nitrogens with one attached hydrogen (secondary N) is 1. The number of carbonyl (C=O) groups is 2. The van der Waals surface area contributed by atoms with Gasteiger partial charge in [-0.3, -0.25) is 9.59 Å². The summed E-state index contributed by atoms with van der Waals surface area (Å²) < 4.78 is 2.09. The molecule has 1 N–H and O–H groups in total. The molecule has 3 aromatic rings. The van der Waals surface area contributed by atoms with Crippen molar-refractivity contribution in [2.24, 2.45) is 0 Å². The van der Waals surface area contributed by atoms with Gasteiger partial charge in [-0.1, -0.05) is 35.9 Å². The molecule has 5 rings (SSSR count). The monoisotopic (exact) mass is 486 g/mol. The zero-order valence-corrected chi connectivity index (χ0v) is 20.2. The summed E-state index contributed by atoms with van der Waals surface area (Å²) in [5.74, 6) is 0.215. The van der Waals surface area contributed by atoms with Gasteiger partial charge in [0.1, 0.15) is 0 Å². The number of hydrogen-bond donors (Lipinski definition) is 1. The van der Waals surface area contributed by atoms with Crippen LogP contribution in [0.25, 0.3) is 10.9 Å². The van der Waals surface area contributed by atoms with Crippen molar-refractivity contribution in [1.82, 2.24) is 14.8 Å². The lowest BCUT2D eigenvalue weighted by Gasteiger charge is -2.37. The minimum atomic E-state index is 0. The van der Waals surface area contributed by atoms with Crippen LogP contribution in [0.15, 0.2) is 48.7 Å². The molecule has 1 fully saturated rings. The van der Waals surface area contributed by atoms with Crippen molar-refractivity contribution in [2.75, 3.05) is 31.6 Å². The predicted molar refractivity (Wildman–Crippen MR) is 135 cm³/mol. The molecule has 0 aliphatic carbocycles. The number of rotatable bonds is 5. The molecule has 1 aromatic heterocycles. The van der Waals surface area contributed by atoms with Gasteiger partial charge in [-0.2, -0.15) is 0 Å². The van der Waals surface area contributed by atoms with E-state index in [1.165, 1.54) is 0 Å². The largest absolute Gasteiger partial charge is 0.345 e. The van der Waals surface area contributed by atoms with E-state index in [9.17, 15) is 9.59 Å². The van der Waals surface area contributed by atoms with Gasteiger partial charge in [0.25, 0.3) is 5.91 Å². The molecule has 3 heterocycles. The number of fused-ring (bicyclic) bond motifs is 2. The van der Waals surface area contributed by atoms with Gasteiger partial charge >= 0.3 is 0 Å². The average molecular weight is 487 g/mol. The number of benzene rings is 2. The Morgan fingerprint density at radius 3 is 2.67 bits per heavy atom. The Labute approximate surface area is 204 Å². The van der Waals surface area contributed by atoms with Crippen LogP contribution in [-0.2, 0) is 17.8 Å². The van der Waals surface area contributed by atoms with Crippen LogP contribution in [0.4, 0.5) is 5.69 Å². The van der Waals surface area contributed by atoms with Gasteiger partial charge in [-0.15, -0.1) is 12.4 Å². The first-order chi connectivity index (χ1) is 15.6. The molecule has 2 aromatic carbocycles. The van der Waals surface area contributed by atoms with E-state index in [-0.39, 0.29) is 30.3 Å². The fraction of sp³-hybridized carbons (Fsp3) is 0.360. The first-order valence-electron chi connectivity index (χ1n) is 11.2. The molecule has 0 spiro atoms. The Balaban J connectivity index is 0.00000259. The summed E-state index contributed by atoms with van der Waals surface area (Å²) in [4.78, 5) is 30.0. The second kappa shape index (κ2) is 9.75. The summed E-state index contributed by atoms with van der Waals surface area (Å²) in [6.07, 6.45) is 4.00. The molecule has 2 amide bonds. The Bertz CT molecular complexity index is 1180. The maximum absolute atomic E-state index is 13.5. The topological polar surface area (TPSA) is 57.6 Å². The number of hydrogen-bond acceptors (Lipinski definition) is 3. The molecule has 1 saturated heterocycles. The predicted octanol–water partition coefficient (Wildman–Crippen LogP) is 4.13. The van der Waals surface area contributed by atoms with Crippen LogP contribution in [0.1, 0.15) is 28.8 Å². The number of anilines is 1. The molecule has 2 aliphatic heterocycles. The van der Waals surface area contributed by atoms with Crippen molar-refractivity contribution in [3.8, 4) is 0 Å². The third kappa shape index (κ3) is 4.35. The van der Waals surface area contributed by atoms with Gasteiger partial charge in [-0.25, -0.2) is 0 Å². The SMILES string of the molecule is CNCCn1cc(C(=O)N2CCC(N3C(=O)Cc4ccccc43)CC2)c2ccc(Cl)cc21.Cl. The normalized spacial score (nSPS) is 16.2. The van der Waals surface area contributed by atoms with Crippen molar-refractivity contribution in [3.05, 3.63) is 64.8 Å². The molecule has 0 unspecified atom stereocenters. The summed E-state index contributed by atoms with van der Waals surface area (Å²) in [5, 5.41) is 4.75. The second-order valence-electron chi connectivity index (χ2n) is 8.59. The highest BCUT2D eigenvalue weighted by Crippen LogP contribution is 2.34. The van der Waals surface area contributed by atoms with Crippen LogP contribution < -0.4 is 10.2 Å². The molecule has 0 bridgehead atoms. The van der Waals surface area contributed by atoms with Crippen LogP contribution in [0.5, 0.6) is 0 Å². The van der Waals surface area contributed by atoms with E-state index in [1.54, 1.807) is 0 Å². The minimum absolute atomic E-state index is 0. The van der Waals surface area contributed by atoms with Crippen LogP contribution in [0.2, 0.25) is 5.02 Å². The summed E-state index contributed by atoms with van der Waals surface area (Å²) >= 11 is 6.23. The molecule has 33 heavy (non-hydrogen) atoms. The van der Waals surface area contributed by atoms with E-state index >= 15 is 0 Å². The smallest absolute Gasteiger partial charge is 0.256 e. The zero-order valence-electron chi connectivity index (χ0n) is 18.6. The molecule has 0 radical (unpaired) electrons. The molecule has 2 aliphatic rings. The highest BCUT2D eigenvalue weighted by molar-refractivity contribution is 6.31. The maximum atomic E-state index is 13.5. The van der Waals surface area contributed by atoms with Crippen LogP contribution in [-0.4, -0.2) is 54.0 Å². The van der Waals surface area contributed by atoms with E-state index in [0.29, 0.717) is 30.1 Å². The van der Waals surface area contributed by atoms with Crippen LogP contribution >= 0.6 is 24.0 Å². The Hall–Kier alpha value is -2.54. The maximum Gasteiger partial charge on any atom is 0.256 e. The van der Waals surface area contributed by atoms with E-state index in [2.05, 4.69) is 9.88 Å². The Morgan fingerprint density at radius 2 is 1.91 bits per heavy atom. The number of amides is 2. The van der Waals surface area contributed by atoms with Gasteiger partial charge in [-0.05, 0) is 43.7 Å². The van der Waals surface area contributed by atoms with Crippen molar-refractivity contribution in [1.29, 1.82) is 0 Å². The van der Waals surface area contributed by atoms with Gasteiger partial charge in [0.15, 0.2) is 0 Å². The lowest BCUT2D eigenvalue weighted by atomic mass is 10.0. The van der Waals surface area contributed by atoms with Crippen LogP contribution in [0, 0.1) is 0 Å². The molecule has 6 nitrogen and oxygen atoms in total. The molecule has 174 valence electrons. The Kier molecular flexibility index (Phi) is 6.98. The van der Waals surface area contributed by atoms with E-state index in [4.69, 9.17) is 11.6 Å². The number of para-hydroxylation sites is 1. The second-order valence-corrected chi connectivity index (χ2v) is 9.03. The van der Waals surface area contributed by atoms with Crippen molar-refractivity contribution in [3.63, 3.8) is 0 Å². The molecular formula is C25H28Cl2N4O2. The number of likely N-dealkylation sites (N-methyl/N-ethyl adjacent to an activating group) is 1. The van der Waals surface area contributed by atoms with Crippen molar-refractivity contribution >= 4 is 52.4 Å². The molecule has 0 saturated carbocycles. The van der Waals surface area contributed by atoms with Crippen molar-refractivity contribution < 1.29 is 9.59 Å². The standard InChI is InChI=1S/C25H27ClN4O2.ClH/c1-27-10-13-29-16-21(20-7-6-18(26)15-23(20)29)25(32)28-11-8-19(9-12-28)30-22-5-3-2-4-17(22)14-24(30)31;/h2-7,15-16,19,27H,8-14H2,1H3;1H. The number of aromatic nitrogens is 1. The third-order valence-corrected chi connectivity index (χ3v) is 6.89. The quantitative estimate of drug-likeness (QED) is 0.589. The van der Waals surface area contributed by atoms with Gasteiger partial charge < -0.3 is 19.7 Å². The molecular weight excluding hydrogens is 459 g/mol.